The summed E-state index contributed by atoms with van der Waals surface area (Å²) in [5.41, 5.74) is 0. The zero-order valence-electron chi connectivity index (χ0n) is 7.80. The summed E-state index contributed by atoms with van der Waals surface area (Å²) in [6.07, 6.45) is 1.41. The summed E-state index contributed by atoms with van der Waals surface area (Å²) in [5, 5.41) is 2.94. The molecule has 3 nitrogen and oxygen atoms in total. The first-order chi connectivity index (χ1) is 6.55. The normalized spacial score (nSPS) is 20.2. The standard InChI is InChI=1S/C9H11F2N3/c1-6-12-3-2-8(13-6)14-7-4-9(10,11)5-7/h2-3,7H,4-5H2,1H3,(H,12,13,14). The number of halogens is 2. The van der Waals surface area contributed by atoms with Crippen LogP contribution in [0.1, 0.15) is 18.7 Å². The lowest BCUT2D eigenvalue weighted by Gasteiger charge is -2.35. The molecule has 1 aromatic heterocycles. The smallest absolute Gasteiger partial charge is 0.252 e. The van der Waals surface area contributed by atoms with Gasteiger partial charge in [-0.15, -0.1) is 0 Å². The summed E-state index contributed by atoms with van der Waals surface area (Å²) in [6, 6.07) is 1.53. The van der Waals surface area contributed by atoms with Gasteiger partial charge in [-0.1, -0.05) is 0 Å². The Morgan fingerprint density at radius 1 is 1.50 bits per heavy atom. The van der Waals surface area contributed by atoms with Gasteiger partial charge in [-0.25, -0.2) is 18.7 Å². The second kappa shape index (κ2) is 3.15. The molecular weight excluding hydrogens is 188 g/mol. The highest BCUT2D eigenvalue weighted by Crippen LogP contribution is 2.38. The molecule has 1 saturated carbocycles. The van der Waals surface area contributed by atoms with Crippen molar-refractivity contribution < 1.29 is 8.78 Å². The lowest BCUT2D eigenvalue weighted by Crippen LogP contribution is -2.44. The largest absolute Gasteiger partial charge is 0.367 e. The van der Waals surface area contributed by atoms with Crippen molar-refractivity contribution in [1.82, 2.24) is 9.97 Å². The van der Waals surface area contributed by atoms with Crippen molar-refractivity contribution in [3.63, 3.8) is 0 Å². The summed E-state index contributed by atoms with van der Waals surface area (Å²) in [6.45, 7) is 1.76. The van der Waals surface area contributed by atoms with Crippen LogP contribution in [-0.4, -0.2) is 21.9 Å². The van der Waals surface area contributed by atoms with Crippen LogP contribution < -0.4 is 5.32 Å². The lowest BCUT2D eigenvalue weighted by molar-refractivity contribution is -0.0794. The Balaban J connectivity index is 1.93. The highest BCUT2D eigenvalue weighted by atomic mass is 19.3. The minimum atomic E-state index is -2.49. The van der Waals surface area contributed by atoms with Gasteiger partial charge < -0.3 is 5.32 Å². The molecule has 14 heavy (non-hydrogen) atoms. The highest BCUT2D eigenvalue weighted by molar-refractivity contribution is 5.35. The third kappa shape index (κ3) is 1.97. The van der Waals surface area contributed by atoms with Gasteiger partial charge in [-0.3, -0.25) is 0 Å². The van der Waals surface area contributed by atoms with E-state index in [1.165, 1.54) is 0 Å². The van der Waals surface area contributed by atoms with Crippen LogP contribution in [0, 0.1) is 6.92 Å². The van der Waals surface area contributed by atoms with E-state index in [-0.39, 0.29) is 18.9 Å². The van der Waals surface area contributed by atoms with Gasteiger partial charge in [0.25, 0.3) is 5.92 Å². The maximum absolute atomic E-state index is 12.5. The Kier molecular flexibility index (Phi) is 2.09. The zero-order chi connectivity index (χ0) is 10.2. The average molecular weight is 199 g/mol. The number of hydrogen-bond donors (Lipinski definition) is 1. The van der Waals surface area contributed by atoms with Gasteiger partial charge in [0.1, 0.15) is 11.6 Å². The topological polar surface area (TPSA) is 37.8 Å². The molecule has 0 spiro atoms. The molecule has 0 aliphatic heterocycles. The van der Waals surface area contributed by atoms with Gasteiger partial charge in [0.2, 0.25) is 0 Å². The number of nitrogens with one attached hydrogen (secondary N) is 1. The molecule has 0 bridgehead atoms. The number of rotatable bonds is 2. The van der Waals surface area contributed by atoms with Gasteiger partial charge in [0.05, 0.1) is 0 Å². The van der Waals surface area contributed by atoms with Crippen LogP contribution in [0.25, 0.3) is 0 Å². The predicted octanol–water partition coefficient (Wildman–Crippen LogP) is 1.99. The van der Waals surface area contributed by atoms with Crippen LogP contribution in [-0.2, 0) is 0 Å². The molecule has 1 fully saturated rings. The van der Waals surface area contributed by atoms with E-state index in [2.05, 4.69) is 15.3 Å². The second-order valence-electron chi connectivity index (χ2n) is 3.59. The van der Waals surface area contributed by atoms with E-state index in [1.807, 2.05) is 0 Å². The van der Waals surface area contributed by atoms with Crippen molar-refractivity contribution in [2.45, 2.75) is 31.7 Å². The van der Waals surface area contributed by atoms with E-state index in [9.17, 15) is 8.78 Å². The van der Waals surface area contributed by atoms with E-state index >= 15 is 0 Å². The van der Waals surface area contributed by atoms with Crippen LogP contribution in [0.15, 0.2) is 12.3 Å². The summed E-state index contributed by atoms with van der Waals surface area (Å²) in [4.78, 5) is 8.00. The van der Waals surface area contributed by atoms with Crippen molar-refractivity contribution in [1.29, 1.82) is 0 Å². The number of aromatic nitrogens is 2. The van der Waals surface area contributed by atoms with Gasteiger partial charge in [-0.05, 0) is 13.0 Å². The quantitative estimate of drug-likeness (QED) is 0.791. The molecule has 0 radical (unpaired) electrons. The molecule has 0 atom stereocenters. The van der Waals surface area contributed by atoms with E-state index in [1.54, 1.807) is 19.2 Å². The van der Waals surface area contributed by atoms with Crippen molar-refractivity contribution in [3.8, 4) is 0 Å². The maximum atomic E-state index is 12.5. The fourth-order valence-electron chi connectivity index (χ4n) is 1.51. The molecule has 1 aromatic rings. The van der Waals surface area contributed by atoms with Gasteiger partial charge in [0, 0.05) is 25.1 Å². The van der Waals surface area contributed by atoms with E-state index in [4.69, 9.17) is 0 Å². The molecule has 1 aliphatic rings. The van der Waals surface area contributed by atoms with Crippen molar-refractivity contribution in [2.75, 3.05) is 5.32 Å². The van der Waals surface area contributed by atoms with Crippen LogP contribution in [0.5, 0.6) is 0 Å². The summed E-state index contributed by atoms with van der Waals surface area (Å²) < 4.78 is 25.0. The fraction of sp³-hybridized carbons (Fsp3) is 0.556. The Bertz CT molecular complexity index is 333. The number of hydrogen-bond acceptors (Lipinski definition) is 3. The highest BCUT2D eigenvalue weighted by Gasteiger charge is 2.45. The Labute approximate surface area is 80.6 Å². The lowest BCUT2D eigenvalue weighted by atomic mass is 9.88. The van der Waals surface area contributed by atoms with E-state index < -0.39 is 5.92 Å². The number of nitrogens with zero attached hydrogens (tertiary/aromatic N) is 2. The molecular formula is C9H11F2N3. The van der Waals surface area contributed by atoms with Gasteiger partial charge in [0.15, 0.2) is 0 Å². The van der Waals surface area contributed by atoms with Gasteiger partial charge in [-0.2, -0.15) is 0 Å². The maximum Gasteiger partial charge on any atom is 0.252 e. The molecule has 76 valence electrons. The van der Waals surface area contributed by atoms with Crippen LogP contribution in [0.4, 0.5) is 14.6 Å². The first kappa shape index (κ1) is 9.30. The third-order valence-electron chi connectivity index (χ3n) is 2.22. The predicted molar refractivity (Wildman–Crippen MR) is 48.4 cm³/mol. The molecule has 1 aliphatic carbocycles. The Morgan fingerprint density at radius 2 is 2.21 bits per heavy atom. The average Bonchev–Trinajstić information content (AvgIpc) is 2.00. The minimum absolute atomic E-state index is 0.101. The van der Waals surface area contributed by atoms with E-state index in [0.29, 0.717) is 11.6 Å². The number of anilines is 1. The number of aryl methyl sites for hydroxylation is 1. The first-order valence-electron chi connectivity index (χ1n) is 4.49. The molecule has 2 rings (SSSR count). The Hall–Kier alpha value is -1.26. The van der Waals surface area contributed by atoms with Crippen molar-refractivity contribution in [2.24, 2.45) is 0 Å². The minimum Gasteiger partial charge on any atom is -0.367 e. The number of alkyl halides is 2. The molecule has 5 heteroatoms. The monoisotopic (exact) mass is 199 g/mol. The first-order valence-corrected chi connectivity index (χ1v) is 4.49. The third-order valence-corrected chi connectivity index (χ3v) is 2.22. The Morgan fingerprint density at radius 3 is 2.79 bits per heavy atom. The molecule has 0 amide bonds. The zero-order valence-corrected chi connectivity index (χ0v) is 7.80. The SMILES string of the molecule is Cc1nccc(NC2CC(F)(F)C2)n1. The van der Waals surface area contributed by atoms with Crippen LogP contribution >= 0.6 is 0 Å². The van der Waals surface area contributed by atoms with Crippen LogP contribution in [0.3, 0.4) is 0 Å². The van der Waals surface area contributed by atoms with Crippen LogP contribution in [0.2, 0.25) is 0 Å². The molecule has 0 unspecified atom stereocenters. The summed E-state index contributed by atoms with van der Waals surface area (Å²) in [7, 11) is 0. The summed E-state index contributed by atoms with van der Waals surface area (Å²) in [5.74, 6) is -1.22. The molecule has 1 N–H and O–H groups in total. The molecule has 0 saturated heterocycles. The molecule has 0 aromatic carbocycles. The van der Waals surface area contributed by atoms with E-state index in [0.717, 1.165) is 0 Å². The fourth-order valence-corrected chi connectivity index (χ4v) is 1.51. The molecule has 1 heterocycles. The summed E-state index contributed by atoms with van der Waals surface area (Å²) >= 11 is 0. The second-order valence-corrected chi connectivity index (χ2v) is 3.59. The van der Waals surface area contributed by atoms with Gasteiger partial charge >= 0.3 is 0 Å². The van der Waals surface area contributed by atoms with Crippen molar-refractivity contribution in [3.05, 3.63) is 18.1 Å². The van der Waals surface area contributed by atoms with Crippen molar-refractivity contribution >= 4 is 5.82 Å².